The van der Waals surface area contributed by atoms with Crippen molar-refractivity contribution in [2.75, 3.05) is 50.7 Å². The third kappa shape index (κ3) is 5.17. The first kappa shape index (κ1) is 26.7. The van der Waals surface area contributed by atoms with Crippen LogP contribution >= 0.6 is 0 Å². The second-order valence-corrected chi connectivity index (χ2v) is 12.8. The van der Waals surface area contributed by atoms with Crippen LogP contribution in [0.1, 0.15) is 51.1 Å². The number of hydrogen-bond acceptors (Lipinski definition) is 7. The maximum Gasteiger partial charge on any atom is 0.243 e. The summed E-state index contributed by atoms with van der Waals surface area (Å²) < 4.78 is 31.5. The molecule has 1 amide bonds. The zero-order valence-corrected chi connectivity index (χ0v) is 23.1. The SMILES string of the molecule is C=CCCN1CCC(c2cnc3c(N4CCN(C(=O)C(C)C)CC4)cc(S(=O)(=O)NC4(C#N)CC4)cn23)C1. The molecule has 2 aromatic heterocycles. The smallest absolute Gasteiger partial charge is 0.243 e. The number of rotatable bonds is 9. The number of aromatic nitrogens is 2. The summed E-state index contributed by atoms with van der Waals surface area (Å²) in [6.07, 6.45) is 8.40. The number of hydrogen-bond donors (Lipinski definition) is 1. The van der Waals surface area contributed by atoms with Crippen molar-refractivity contribution in [1.82, 2.24) is 23.9 Å². The molecule has 1 saturated carbocycles. The average Bonchev–Trinajstić information content (AvgIpc) is 3.30. The predicted octanol–water partition coefficient (Wildman–Crippen LogP) is 2.34. The number of nitriles is 1. The largest absolute Gasteiger partial charge is 0.365 e. The molecule has 0 radical (unpaired) electrons. The summed E-state index contributed by atoms with van der Waals surface area (Å²) in [6.45, 7) is 12.8. The first-order chi connectivity index (χ1) is 18.2. The minimum atomic E-state index is -3.93. The molecule has 4 heterocycles. The quantitative estimate of drug-likeness (QED) is 0.487. The number of sulfonamides is 1. The number of likely N-dealkylation sites (tertiary alicyclic amines) is 1. The van der Waals surface area contributed by atoms with Gasteiger partial charge in [-0.05, 0) is 38.3 Å². The van der Waals surface area contributed by atoms with Gasteiger partial charge in [0, 0.05) is 69.2 Å². The number of nitrogens with one attached hydrogen (secondary N) is 1. The Labute approximate surface area is 225 Å². The van der Waals surface area contributed by atoms with Crippen LogP contribution in [0.4, 0.5) is 5.69 Å². The van der Waals surface area contributed by atoms with E-state index in [0.29, 0.717) is 44.7 Å². The zero-order valence-electron chi connectivity index (χ0n) is 22.3. The molecule has 1 N–H and O–H groups in total. The molecule has 1 aliphatic carbocycles. The maximum absolute atomic E-state index is 13.5. The van der Waals surface area contributed by atoms with E-state index in [1.165, 1.54) is 0 Å². The highest BCUT2D eigenvalue weighted by atomic mass is 32.2. The fourth-order valence-electron chi connectivity index (χ4n) is 5.51. The first-order valence-corrected chi connectivity index (χ1v) is 15.0. The summed E-state index contributed by atoms with van der Waals surface area (Å²) in [5, 5.41) is 9.50. The van der Waals surface area contributed by atoms with E-state index < -0.39 is 15.6 Å². The molecule has 3 aliphatic rings. The van der Waals surface area contributed by atoms with Crippen molar-refractivity contribution in [1.29, 1.82) is 5.26 Å². The topological polar surface area (TPSA) is 114 Å². The summed E-state index contributed by atoms with van der Waals surface area (Å²) in [5.41, 5.74) is 1.44. The van der Waals surface area contributed by atoms with Crippen molar-refractivity contribution in [3.05, 3.63) is 36.8 Å². The standard InChI is InChI=1S/C27H37N7O3S/c1-4-5-9-31-10-6-21(17-31)24-16-29-25-23(32-11-13-33(14-12-32)26(35)20(2)3)15-22(18-34(24)25)38(36,37)30-27(19-28)7-8-27/h4,15-16,18,20-21,30H,1,5-14,17H2,2-3H3. The van der Waals surface area contributed by atoms with E-state index in [-0.39, 0.29) is 22.6 Å². The van der Waals surface area contributed by atoms with Crippen molar-refractivity contribution >= 4 is 27.3 Å². The summed E-state index contributed by atoms with van der Waals surface area (Å²) in [5.74, 6) is 0.310. The molecule has 204 valence electrons. The van der Waals surface area contributed by atoms with Crippen LogP contribution in [0.2, 0.25) is 0 Å². The van der Waals surface area contributed by atoms with Gasteiger partial charge in [-0.3, -0.25) is 4.79 Å². The van der Waals surface area contributed by atoms with Crippen molar-refractivity contribution in [3.63, 3.8) is 0 Å². The predicted molar refractivity (Wildman–Crippen MR) is 145 cm³/mol. The first-order valence-electron chi connectivity index (χ1n) is 13.5. The third-order valence-electron chi connectivity index (χ3n) is 7.96. The van der Waals surface area contributed by atoms with E-state index in [0.717, 1.165) is 43.9 Å². The zero-order chi connectivity index (χ0) is 27.1. The highest BCUT2D eigenvalue weighted by molar-refractivity contribution is 7.89. The second kappa shape index (κ2) is 10.3. The van der Waals surface area contributed by atoms with Crippen molar-refractivity contribution in [3.8, 4) is 6.07 Å². The lowest BCUT2D eigenvalue weighted by molar-refractivity contribution is -0.134. The van der Waals surface area contributed by atoms with Gasteiger partial charge in [-0.2, -0.15) is 9.98 Å². The number of nitrogens with zero attached hydrogens (tertiary/aromatic N) is 6. The number of anilines is 1. The van der Waals surface area contributed by atoms with Gasteiger partial charge in [0.15, 0.2) is 5.65 Å². The summed E-state index contributed by atoms with van der Waals surface area (Å²) in [6, 6.07) is 3.79. The molecule has 2 saturated heterocycles. The molecular weight excluding hydrogens is 502 g/mol. The molecule has 10 nitrogen and oxygen atoms in total. The number of imidazole rings is 1. The minimum Gasteiger partial charge on any atom is -0.365 e. The van der Waals surface area contributed by atoms with Gasteiger partial charge in [0.25, 0.3) is 0 Å². The van der Waals surface area contributed by atoms with Gasteiger partial charge in [-0.25, -0.2) is 13.4 Å². The van der Waals surface area contributed by atoms with E-state index in [1.807, 2.05) is 35.4 Å². The lowest BCUT2D eigenvalue weighted by Crippen LogP contribution is -2.50. The Morgan fingerprint density at radius 1 is 1.29 bits per heavy atom. The normalized spacial score (nSPS) is 21.7. The fourth-order valence-corrected chi connectivity index (χ4v) is 6.90. The monoisotopic (exact) mass is 539 g/mol. The Kier molecular flexibility index (Phi) is 7.24. The third-order valence-corrected chi connectivity index (χ3v) is 9.46. The summed E-state index contributed by atoms with van der Waals surface area (Å²) in [7, 11) is -3.93. The molecule has 2 aliphatic heterocycles. The molecule has 5 rings (SSSR count). The Hall–Kier alpha value is -2.94. The molecule has 1 atom stereocenters. The molecule has 0 spiro atoms. The summed E-state index contributed by atoms with van der Waals surface area (Å²) >= 11 is 0. The van der Waals surface area contributed by atoms with Gasteiger partial charge in [-0.1, -0.05) is 19.9 Å². The van der Waals surface area contributed by atoms with Gasteiger partial charge in [0.2, 0.25) is 15.9 Å². The fraction of sp³-hybridized carbons (Fsp3) is 0.593. The van der Waals surface area contributed by atoms with Crippen LogP contribution in [0.25, 0.3) is 5.65 Å². The van der Waals surface area contributed by atoms with Gasteiger partial charge >= 0.3 is 0 Å². The molecular formula is C27H37N7O3S. The van der Waals surface area contributed by atoms with E-state index in [1.54, 1.807) is 12.3 Å². The van der Waals surface area contributed by atoms with Crippen LogP contribution in [0.15, 0.2) is 36.0 Å². The summed E-state index contributed by atoms with van der Waals surface area (Å²) in [4.78, 5) is 23.8. The van der Waals surface area contributed by atoms with Crippen molar-refractivity contribution in [2.24, 2.45) is 5.92 Å². The Morgan fingerprint density at radius 2 is 2.03 bits per heavy atom. The second-order valence-electron chi connectivity index (χ2n) is 11.1. The van der Waals surface area contributed by atoms with Crippen LogP contribution in [0.3, 0.4) is 0 Å². The average molecular weight is 540 g/mol. The minimum absolute atomic E-state index is 0.0602. The van der Waals surface area contributed by atoms with E-state index in [9.17, 15) is 18.5 Å². The van der Waals surface area contributed by atoms with Crippen LogP contribution in [-0.2, 0) is 14.8 Å². The molecule has 2 aromatic rings. The van der Waals surface area contributed by atoms with Crippen LogP contribution in [-0.4, -0.2) is 84.9 Å². The molecule has 1 unspecified atom stereocenters. The van der Waals surface area contributed by atoms with Gasteiger partial charge in [-0.15, -0.1) is 6.58 Å². The molecule has 0 bridgehead atoms. The Morgan fingerprint density at radius 3 is 2.66 bits per heavy atom. The lowest BCUT2D eigenvalue weighted by Gasteiger charge is -2.37. The van der Waals surface area contributed by atoms with E-state index >= 15 is 0 Å². The molecule has 11 heteroatoms. The van der Waals surface area contributed by atoms with Gasteiger partial charge in [0.05, 0.1) is 11.8 Å². The number of pyridine rings is 1. The van der Waals surface area contributed by atoms with E-state index in [4.69, 9.17) is 4.98 Å². The number of carbonyl (C=O) groups is 1. The Balaban J connectivity index is 1.50. The highest BCUT2D eigenvalue weighted by Crippen LogP contribution is 2.37. The molecule has 38 heavy (non-hydrogen) atoms. The molecule has 3 fully saturated rings. The van der Waals surface area contributed by atoms with Gasteiger partial charge in [0.1, 0.15) is 10.4 Å². The number of piperazine rings is 1. The molecule has 0 aromatic carbocycles. The van der Waals surface area contributed by atoms with Gasteiger partial charge < -0.3 is 19.1 Å². The van der Waals surface area contributed by atoms with E-state index in [2.05, 4.69) is 27.2 Å². The number of carbonyl (C=O) groups excluding carboxylic acids is 1. The highest BCUT2D eigenvalue weighted by Gasteiger charge is 2.47. The van der Waals surface area contributed by atoms with Crippen molar-refractivity contribution in [2.45, 2.75) is 55.9 Å². The van der Waals surface area contributed by atoms with Crippen LogP contribution in [0, 0.1) is 17.2 Å². The maximum atomic E-state index is 13.5. The van der Waals surface area contributed by atoms with Crippen LogP contribution < -0.4 is 9.62 Å². The number of fused-ring (bicyclic) bond motifs is 1. The van der Waals surface area contributed by atoms with Crippen molar-refractivity contribution < 1.29 is 13.2 Å². The number of amides is 1. The Bertz CT molecular complexity index is 1360. The van der Waals surface area contributed by atoms with Crippen LogP contribution in [0.5, 0.6) is 0 Å². The lowest BCUT2D eigenvalue weighted by atomic mass is 10.1.